The lowest BCUT2D eigenvalue weighted by Gasteiger charge is -2.11. The first-order valence-electron chi connectivity index (χ1n) is 5.54. The molecule has 19 heavy (non-hydrogen) atoms. The lowest BCUT2D eigenvalue weighted by Crippen LogP contribution is -2.00. The molecule has 0 saturated heterocycles. The Hall–Kier alpha value is -2.01. The molecule has 2 aromatic rings. The molecule has 0 saturated carbocycles. The molecule has 0 aliphatic carbocycles. The van der Waals surface area contributed by atoms with Crippen LogP contribution in [0.4, 0.5) is 0 Å². The van der Waals surface area contributed by atoms with Gasteiger partial charge in [-0.25, -0.2) is 4.68 Å². The Morgan fingerprint density at radius 2 is 1.95 bits per heavy atom. The van der Waals surface area contributed by atoms with Gasteiger partial charge in [0.15, 0.2) is 6.29 Å². The predicted molar refractivity (Wildman–Crippen MR) is 71.8 cm³/mol. The van der Waals surface area contributed by atoms with Crippen LogP contribution >= 0.6 is 11.6 Å². The minimum atomic E-state index is 0.447. The van der Waals surface area contributed by atoms with Gasteiger partial charge in [0.2, 0.25) is 0 Å². The smallest absolute Gasteiger partial charge is 0.153 e. The number of aldehydes is 1. The van der Waals surface area contributed by atoms with Crippen LogP contribution in [0.3, 0.4) is 0 Å². The molecule has 0 atom stereocenters. The van der Waals surface area contributed by atoms with E-state index in [1.807, 2.05) is 0 Å². The first kappa shape index (κ1) is 13.4. The summed E-state index contributed by atoms with van der Waals surface area (Å²) in [7, 11) is 3.07. The van der Waals surface area contributed by atoms with Crippen LogP contribution in [-0.4, -0.2) is 30.3 Å². The summed E-state index contributed by atoms with van der Waals surface area (Å²) in [4.78, 5) is 10.9. The third-order valence-electron chi connectivity index (χ3n) is 2.76. The van der Waals surface area contributed by atoms with Gasteiger partial charge >= 0.3 is 0 Å². The average molecular weight is 281 g/mol. The second-order valence-electron chi connectivity index (χ2n) is 3.89. The standard InChI is InChI=1S/C13H13ClN2O3/c1-8-9(7-17)6-16(15-8)11-5-12(18-2)10(14)4-13(11)19-3/h4-7H,1-3H3. The van der Waals surface area contributed by atoms with Gasteiger partial charge in [0.05, 0.1) is 30.5 Å². The highest BCUT2D eigenvalue weighted by atomic mass is 35.5. The Bertz CT molecular complexity index is 623. The van der Waals surface area contributed by atoms with E-state index in [0.717, 1.165) is 6.29 Å². The number of nitrogens with zero attached hydrogens (tertiary/aromatic N) is 2. The summed E-state index contributed by atoms with van der Waals surface area (Å²) >= 11 is 6.04. The van der Waals surface area contributed by atoms with Crippen LogP contribution in [-0.2, 0) is 0 Å². The quantitative estimate of drug-likeness (QED) is 0.808. The Morgan fingerprint density at radius 3 is 2.47 bits per heavy atom. The van der Waals surface area contributed by atoms with Gasteiger partial charge in [0, 0.05) is 18.3 Å². The monoisotopic (exact) mass is 280 g/mol. The fraction of sp³-hybridized carbons (Fsp3) is 0.231. The molecule has 0 spiro atoms. The second kappa shape index (κ2) is 5.32. The minimum absolute atomic E-state index is 0.447. The third kappa shape index (κ3) is 2.42. The molecular weight excluding hydrogens is 268 g/mol. The van der Waals surface area contributed by atoms with Gasteiger partial charge in [0.1, 0.15) is 17.2 Å². The van der Waals surface area contributed by atoms with Crippen molar-refractivity contribution < 1.29 is 14.3 Å². The van der Waals surface area contributed by atoms with Crippen LogP contribution < -0.4 is 9.47 Å². The van der Waals surface area contributed by atoms with E-state index < -0.39 is 0 Å². The first-order valence-corrected chi connectivity index (χ1v) is 5.91. The van der Waals surface area contributed by atoms with Gasteiger partial charge in [0.25, 0.3) is 0 Å². The third-order valence-corrected chi connectivity index (χ3v) is 3.06. The number of ether oxygens (including phenoxy) is 2. The molecule has 1 aromatic heterocycles. The van der Waals surface area contributed by atoms with Gasteiger partial charge in [-0.15, -0.1) is 0 Å². The highest BCUT2D eigenvalue weighted by Gasteiger charge is 2.14. The zero-order chi connectivity index (χ0) is 14.0. The zero-order valence-electron chi connectivity index (χ0n) is 10.8. The summed E-state index contributed by atoms with van der Waals surface area (Å²) < 4.78 is 12.0. The maximum absolute atomic E-state index is 10.9. The summed E-state index contributed by atoms with van der Waals surface area (Å²) in [5, 5.41) is 4.72. The lowest BCUT2D eigenvalue weighted by molar-refractivity contribution is 0.112. The molecule has 0 amide bonds. The predicted octanol–water partition coefficient (Wildman–Crippen LogP) is 2.66. The van der Waals surface area contributed by atoms with Gasteiger partial charge < -0.3 is 9.47 Å². The number of carbonyl (C=O) groups excluding carboxylic acids is 1. The number of methoxy groups -OCH3 is 2. The molecule has 2 rings (SSSR count). The van der Waals surface area contributed by atoms with E-state index in [2.05, 4.69) is 5.10 Å². The van der Waals surface area contributed by atoms with E-state index >= 15 is 0 Å². The van der Waals surface area contributed by atoms with Crippen LogP contribution in [0.1, 0.15) is 16.1 Å². The van der Waals surface area contributed by atoms with Crippen molar-refractivity contribution in [1.82, 2.24) is 9.78 Å². The topological polar surface area (TPSA) is 53.4 Å². The van der Waals surface area contributed by atoms with Crippen molar-refractivity contribution in [3.63, 3.8) is 0 Å². The molecule has 6 heteroatoms. The lowest BCUT2D eigenvalue weighted by atomic mass is 10.2. The summed E-state index contributed by atoms with van der Waals surface area (Å²) in [6, 6.07) is 3.36. The van der Waals surface area contributed by atoms with Crippen LogP contribution in [0.25, 0.3) is 5.69 Å². The molecule has 0 bridgehead atoms. The SMILES string of the molecule is COc1cc(-n2cc(C=O)c(C)n2)c(OC)cc1Cl. The molecule has 0 unspecified atom stereocenters. The van der Waals surface area contributed by atoms with Crippen molar-refractivity contribution in [3.05, 3.63) is 34.6 Å². The summed E-state index contributed by atoms with van der Waals surface area (Å²) in [5.74, 6) is 1.06. The van der Waals surface area contributed by atoms with Crippen LogP contribution in [0, 0.1) is 6.92 Å². The van der Waals surface area contributed by atoms with E-state index in [0.29, 0.717) is 33.5 Å². The van der Waals surface area contributed by atoms with E-state index in [1.165, 1.54) is 7.11 Å². The molecule has 0 radical (unpaired) electrons. The number of carbonyl (C=O) groups is 1. The maximum atomic E-state index is 10.9. The zero-order valence-corrected chi connectivity index (χ0v) is 11.6. The van der Waals surface area contributed by atoms with Gasteiger partial charge in [-0.05, 0) is 6.92 Å². The fourth-order valence-corrected chi connectivity index (χ4v) is 1.97. The molecule has 0 fully saturated rings. The maximum Gasteiger partial charge on any atom is 0.153 e. The van der Waals surface area contributed by atoms with Gasteiger partial charge in [-0.3, -0.25) is 4.79 Å². The van der Waals surface area contributed by atoms with Crippen molar-refractivity contribution in [3.8, 4) is 17.2 Å². The number of benzene rings is 1. The molecule has 1 aromatic carbocycles. The van der Waals surface area contributed by atoms with Crippen molar-refractivity contribution in [2.75, 3.05) is 14.2 Å². The highest BCUT2D eigenvalue weighted by Crippen LogP contribution is 2.34. The Balaban J connectivity index is 2.61. The van der Waals surface area contributed by atoms with E-state index in [-0.39, 0.29) is 0 Å². The second-order valence-corrected chi connectivity index (χ2v) is 4.30. The largest absolute Gasteiger partial charge is 0.495 e. The Morgan fingerprint density at radius 1 is 1.26 bits per heavy atom. The number of hydrogen-bond donors (Lipinski definition) is 0. The number of aryl methyl sites for hydroxylation is 1. The summed E-state index contributed by atoms with van der Waals surface area (Å²) in [5.41, 5.74) is 1.82. The normalized spacial score (nSPS) is 10.3. The average Bonchev–Trinajstić information content (AvgIpc) is 2.79. The molecule has 5 nitrogen and oxygen atoms in total. The van der Waals surface area contributed by atoms with E-state index in [1.54, 1.807) is 37.0 Å². The van der Waals surface area contributed by atoms with Crippen molar-refractivity contribution >= 4 is 17.9 Å². The van der Waals surface area contributed by atoms with Crippen LogP contribution in [0.15, 0.2) is 18.3 Å². The van der Waals surface area contributed by atoms with Gasteiger partial charge in [-0.1, -0.05) is 11.6 Å². The van der Waals surface area contributed by atoms with E-state index in [9.17, 15) is 4.79 Å². The van der Waals surface area contributed by atoms with Crippen molar-refractivity contribution in [2.45, 2.75) is 6.92 Å². The fourth-order valence-electron chi connectivity index (χ4n) is 1.74. The molecule has 100 valence electrons. The Kier molecular flexibility index (Phi) is 3.76. The number of halogens is 1. The summed E-state index contributed by atoms with van der Waals surface area (Å²) in [6.45, 7) is 1.76. The minimum Gasteiger partial charge on any atom is -0.495 e. The van der Waals surface area contributed by atoms with E-state index in [4.69, 9.17) is 21.1 Å². The molecule has 1 heterocycles. The molecule has 0 aliphatic heterocycles. The molecule has 0 N–H and O–H groups in total. The summed E-state index contributed by atoms with van der Waals surface area (Å²) in [6.07, 6.45) is 2.39. The number of rotatable bonds is 4. The first-order chi connectivity index (χ1) is 9.10. The van der Waals surface area contributed by atoms with Crippen molar-refractivity contribution in [1.29, 1.82) is 0 Å². The molecule has 0 aliphatic rings. The van der Waals surface area contributed by atoms with Crippen molar-refractivity contribution in [2.24, 2.45) is 0 Å². The number of aromatic nitrogens is 2. The van der Waals surface area contributed by atoms with Crippen LogP contribution in [0.5, 0.6) is 11.5 Å². The molecular formula is C13H13ClN2O3. The van der Waals surface area contributed by atoms with Crippen LogP contribution in [0.2, 0.25) is 5.02 Å². The van der Waals surface area contributed by atoms with Gasteiger partial charge in [-0.2, -0.15) is 5.10 Å². The number of hydrogen-bond acceptors (Lipinski definition) is 4. The highest BCUT2D eigenvalue weighted by molar-refractivity contribution is 6.32. The Labute approximate surface area is 115 Å².